The SMILES string of the molecule is Cc1nc(C)c(C(C)NCc2ccc(C(=O)O)cc2)s1. The molecule has 0 fully saturated rings. The summed E-state index contributed by atoms with van der Waals surface area (Å²) in [5.41, 5.74) is 2.46. The summed E-state index contributed by atoms with van der Waals surface area (Å²) in [6.07, 6.45) is 0. The minimum atomic E-state index is -0.895. The zero-order valence-electron chi connectivity index (χ0n) is 11.8. The van der Waals surface area contributed by atoms with Crippen LogP contribution in [0.1, 0.15) is 44.5 Å². The molecule has 0 aliphatic rings. The van der Waals surface area contributed by atoms with Gasteiger partial charge in [0, 0.05) is 17.5 Å². The van der Waals surface area contributed by atoms with Gasteiger partial charge in [-0.15, -0.1) is 11.3 Å². The van der Waals surface area contributed by atoms with Crippen LogP contribution in [0.5, 0.6) is 0 Å². The third-order valence-electron chi connectivity index (χ3n) is 3.15. The van der Waals surface area contributed by atoms with Crippen LogP contribution in [0.4, 0.5) is 0 Å². The molecule has 0 bridgehead atoms. The minimum absolute atomic E-state index is 0.236. The second-order valence-electron chi connectivity index (χ2n) is 4.79. The molecular formula is C15H18N2O2S. The van der Waals surface area contributed by atoms with E-state index in [1.165, 1.54) is 4.88 Å². The van der Waals surface area contributed by atoms with Crippen molar-refractivity contribution < 1.29 is 9.90 Å². The predicted molar refractivity (Wildman–Crippen MR) is 80.2 cm³/mol. The number of aromatic carboxylic acids is 1. The van der Waals surface area contributed by atoms with E-state index < -0.39 is 5.97 Å². The number of hydrogen-bond donors (Lipinski definition) is 2. The Balaban J connectivity index is 1.98. The highest BCUT2D eigenvalue weighted by Crippen LogP contribution is 2.24. The quantitative estimate of drug-likeness (QED) is 0.887. The third kappa shape index (κ3) is 3.43. The Morgan fingerprint density at radius 3 is 2.50 bits per heavy atom. The predicted octanol–water partition coefficient (Wildman–Crippen LogP) is 3.31. The molecule has 0 spiro atoms. The van der Waals surface area contributed by atoms with Crippen LogP contribution in [0.3, 0.4) is 0 Å². The fourth-order valence-electron chi connectivity index (χ4n) is 2.08. The van der Waals surface area contributed by atoms with E-state index in [1.54, 1.807) is 23.5 Å². The Labute approximate surface area is 122 Å². The fourth-order valence-corrected chi connectivity index (χ4v) is 3.03. The number of thiazole rings is 1. The van der Waals surface area contributed by atoms with E-state index in [1.807, 2.05) is 26.0 Å². The number of benzene rings is 1. The average Bonchev–Trinajstić information content (AvgIpc) is 2.75. The first-order valence-corrected chi connectivity index (χ1v) is 7.28. The summed E-state index contributed by atoms with van der Waals surface area (Å²) in [6, 6.07) is 7.18. The van der Waals surface area contributed by atoms with Crippen LogP contribution in [0.2, 0.25) is 0 Å². The Morgan fingerprint density at radius 1 is 1.35 bits per heavy atom. The van der Waals surface area contributed by atoms with Gasteiger partial charge in [-0.1, -0.05) is 12.1 Å². The summed E-state index contributed by atoms with van der Waals surface area (Å²) in [5, 5.41) is 13.4. The molecule has 0 saturated carbocycles. The molecule has 0 aliphatic carbocycles. The number of carboxylic acid groups (broad SMARTS) is 1. The van der Waals surface area contributed by atoms with Crippen LogP contribution in [-0.2, 0) is 6.54 Å². The fraction of sp³-hybridized carbons (Fsp3) is 0.333. The summed E-state index contributed by atoms with van der Waals surface area (Å²) in [6.45, 7) is 6.86. The molecule has 2 N–H and O–H groups in total. The summed E-state index contributed by atoms with van der Waals surface area (Å²) in [7, 11) is 0. The topological polar surface area (TPSA) is 62.2 Å². The minimum Gasteiger partial charge on any atom is -0.478 e. The monoisotopic (exact) mass is 290 g/mol. The highest BCUT2D eigenvalue weighted by atomic mass is 32.1. The lowest BCUT2D eigenvalue weighted by Crippen LogP contribution is -2.18. The molecule has 1 aromatic carbocycles. The molecule has 1 heterocycles. The maximum Gasteiger partial charge on any atom is 0.335 e. The molecule has 5 heteroatoms. The molecule has 0 aliphatic heterocycles. The highest BCUT2D eigenvalue weighted by molar-refractivity contribution is 7.11. The zero-order chi connectivity index (χ0) is 14.7. The standard InChI is InChI=1S/C15H18N2O2S/c1-9(14-10(2)17-11(3)20-14)16-8-12-4-6-13(7-5-12)15(18)19/h4-7,9,16H,8H2,1-3H3,(H,18,19). The van der Waals surface area contributed by atoms with E-state index in [4.69, 9.17) is 5.11 Å². The van der Waals surface area contributed by atoms with Crippen molar-refractivity contribution in [3.8, 4) is 0 Å². The number of carbonyl (C=O) groups is 1. The van der Waals surface area contributed by atoms with Gasteiger partial charge < -0.3 is 10.4 Å². The number of rotatable bonds is 5. The van der Waals surface area contributed by atoms with Crippen molar-refractivity contribution in [2.24, 2.45) is 0 Å². The molecule has 0 radical (unpaired) electrons. The van der Waals surface area contributed by atoms with Crippen molar-refractivity contribution >= 4 is 17.3 Å². The first kappa shape index (κ1) is 14.7. The van der Waals surface area contributed by atoms with E-state index in [-0.39, 0.29) is 6.04 Å². The van der Waals surface area contributed by atoms with Gasteiger partial charge in [0.05, 0.1) is 16.3 Å². The molecule has 20 heavy (non-hydrogen) atoms. The molecule has 0 amide bonds. The van der Waals surface area contributed by atoms with Crippen molar-refractivity contribution in [2.45, 2.75) is 33.4 Å². The number of aryl methyl sites for hydroxylation is 2. The van der Waals surface area contributed by atoms with Gasteiger partial charge in [0.25, 0.3) is 0 Å². The normalized spacial score (nSPS) is 12.3. The van der Waals surface area contributed by atoms with E-state index >= 15 is 0 Å². The number of nitrogens with zero attached hydrogens (tertiary/aromatic N) is 1. The maximum absolute atomic E-state index is 10.8. The Morgan fingerprint density at radius 2 is 2.00 bits per heavy atom. The molecular weight excluding hydrogens is 272 g/mol. The highest BCUT2D eigenvalue weighted by Gasteiger charge is 2.12. The number of carboxylic acids is 1. The van der Waals surface area contributed by atoms with E-state index in [9.17, 15) is 4.79 Å². The Bertz CT molecular complexity index is 605. The summed E-state index contributed by atoms with van der Waals surface area (Å²) < 4.78 is 0. The second kappa shape index (κ2) is 6.15. The van der Waals surface area contributed by atoms with E-state index in [0.29, 0.717) is 12.1 Å². The molecule has 1 atom stereocenters. The molecule has 4 nitrogen and oxygen atoms in total. The maximum atomic E-state index is 10.8. The Kier molecular flexibility index (Phi) is 4.52. The van der Waals surface area contributed by atoms with Gasteiger partial charge >= 0.3 is 5.97 Å². The molecule has 2 rings (SSSR count). The number of hydrogen-bond acceptors (Lipinski definition) is 4. The van der Waals surface area contributed by atoms with Crippen molar-refractivity contribution in [3.63, 3.8) is 0 Å². The average molecular weight is 290 g/mol. The van der Waals surface area contributed by atoms with E-state index in [2.05, 4.69) is 17.2 Å². The summed E-state index contributed by atoms with van der Waals surface area (Å²) in [4.78, 5) is 16.5. The molecule has 106 valence electrons. The lowest BCUT2D eigenvalue weighted by molar-refractivity contribution is 0.0697. The van der Waals surface area contributed by atoms with Crippen molar-refractivity contribution in [2.75, 3.05) is 0 Å². The third-order valence-corrected chi connectivity index (χ3v) is 4.40. The first-order valence-electron chi connectivity index (χ1n) is 6.47. The lowest BCUT2D eigenvalue weighted by Gasteiger charge is -2.13. The largest absolute Gasteiger partial charge is 0.478 e. The van der Waals surface area contributed by atoms with Crippen molar-refractivity contribution in [3.05, 3.63) is 51.0 Å². The first-order chi connectivity index (χ1) is 9.47. The van der Waals surface area contributed by atoms with Gasteiger partial charge in [-0.25, -0.2) is 9.78 Å². The molecule has 2 aromatic rings. The van der Waals surface area contributed by atoms with Gasteiger partial charge in [-0.3, -0.25) is 0 Å². The summed E-state index contributed by atoms with van der Waals surface area (Å²) >= 11 is 1.71. The van der Waals surface area contributed by atoms with Crippen molar-refractivity contribution in [1.29, 1.82) is 0 Å². The van der Waals surface area contributed by atoms with Crippen LogP contribution < -0.4 is 5.32 Å². The van der Waals surface area contributed by atoms with Crippen LogP contribution >= 0.6 is 11.3 Å². The molecule has 1 unspecified atom stereocenters. The summed E-state index contributed by atoms with van der Waals surface area (Å²) in [5.74, 6) is -0.895. The van der Waals surface area contributed by atoms with Gasteiger partial charge in [-0.2, -0.15) is 0 Å². The number of nitrogens with one attached hydrogen (secondary N) is 1. The van der Waals surface area contributed by atoms with Gasteiger partial charge in [-0.05, 0) is 38.5 Å². The second-order valence-corrected chi connectivity index (χ2v) is 6.02. The van der Waals surface area contributed by atoms with Gasteiger partial charge in [0.2, 0.25) is 0 Å². The molecule has 1 aromatic heterocycles. The zero-order valence-corrected chi connectivity index (χ0v) is 12.6. The van der Waals surface area contributed by atoms with Crippen LogP contribution in [0.15, 0.2) is 24.3 Å². The van der Waals surface area contributed by atoms with Crippen LogP contribution in [0.25, 0.3) is 0 Å². The smallest absolute Gasteiger partial charge is 0.335 e. The Hall–Kier alpha value is -1.72. The molecule has 0 saturated heterocycles. The lowest BCUT2D eigenvalue weighted by atomic mass is 10.1. The van der Waals surface area contributed by atoms with Gasteiger partial charge in [0.15, 0.2) is 0 Å². The van der Waals surface area contributed by atoms with Crippen molar-refractivity contribution in [1.82, 2.24) is 10.3 Å². The van der Waals surface area contributed by atoms with Crippen LogP contribution in [0, 0.1) is 13.8 Å². The van der Waals surface area contributed by atoms with E-state index in [0.717, 1.165) is 16.3 Å². The number of aromatic nitrogens is 1. The van der Waals surface area contributed by atoms with Gasteiger partial charge in [0.1, 0.15) is 0 Å². The van der Waals surface area contributed by atoms with Crippen LogP contribution in [-0.4, -0.2) is 16.1 Å².